The lowest BCUT2D eigenvalue weighted by molar-refractivity contribution is -0.136. The van der Waals surface area contributed by atoms with Crippen LogP contribution in [0.5, 0.6) is 0 Å². The highest BCUT2D eigenvalue weighted by molar-refractivity contribution is 6.25. The van der Waals surface area contributed by atoms with Gasteiger partial charge < -0.3 is 54.2 Å². The van der Waals surface area contributed by atoms with Crippen molar-refractivity contribution >= 4 is 59.2 Å². The molecule has 3 fully saturated rings. The van der Waals surface area contributed by atoms with Crippen LogP contribution in [-0.4, -0.2) is 206 Å². The molecule has 6 N–H and O–H groups in total. The summed E-state index contributed by atoms with van der Waals surface area (Å²) in [6.07, 6.45) is 7.56. The number of carboxylic acid groups (broad SMARTS) is 2. The number of carbonyl (C=O) groups is 6. The van der Waals surface area contributed by atoms with Crippen LogP contribution in [-0.2, 0) is 49.4 Å². The van der Waals surface area contributed by atoms with Gasteiger partial charge in [-0.2, -0.15) is 4.98 Å². The van der Waals surface area contributed by atoms with Gasteiger partial charge in [-0.15, -0.1) is 0 Å². The first-order chi connectivity index (χ1) is 36.1. The molecule has 23 nitrogen and oxygen atoms in total. The highest BCUT2D eigenvalue weighted by atomic mass is 16.6. The van der Waals surface area contributed by atoms with Crippen molar-refractivity contribution in [3.8, 4) is 11.1 Å². The quantitative estimate of drug-likeness (QED) is 0.0316. The van der Waals surface area contributed by atoms with Crippen molar-refractivity contribution in [1.82, 2.24) is 34.6 Å². The van der Waals surface area contributed by atoms with Gasteiger partial charge in [0, 0.05) is 101 Å². The standard InChI is InChI=1S/C49H65N9O10.2CH2O2/c1-64-22-15-51-49-52-31-39-40(33-57(45(39)54-49)36-9-11-37(59)12-10-36)35-7-5-34(6-8-35)32-56-19-17-55(18-20-56)21-24-66-26-28-68-30-29-67-27-25-65-23-16-50-41-4-2-3-38-44(41)48(63)58(47(38)62)42-13-14-43(60)53-46(42)61;2*2-1-3/h2-8,31,33,36-37,42,50,59H,9-30,32H2,1H3,(H,51,52,54)(H,53,60,61);2*1H,(H,2,3). The van der Waals surface area contributed by atoms with Crippen LogP contribution in [0.25, 0.3) is 22.2 Å². The van der Waals surface area contributed by atoms with Crippen LogP contribution in [0, 0.1) is 0 Å². The molecule has 2 saturated heterocycles. The number of hydrogen-bond donors (Lipinski definition) is 6. The van der Waals surface area contributed by atoms with E-state index in [9.17, 15) is 24.3 Å². The number of anilines is 2. The van der Waals surface area contributed by atoms with E-state index in [4.69, 9.17) is 48.5 Å². The molecule has 5 heterocycles. The van der Waals surface area contributed by atoms with Gasteiger partial charge in [-0.3, -0.25) is 48.8 Å². The fraction of sp³-hybridized carbons (Fsp3) is 0.529. The van der Waals surface area contributed by atoms with Crippen LogP contribution in [0.15, 0.2) is 54.9 Å². The number of piperidine rings is 1. The molecular formula is C51H69N9O14. The second kappa shape index (κ2) is 30.1. The van der Waals surface area contributed by atoms with Crippen molar-refractivity contribution in [3.63, 3.8) is 0 Å². The van der Waals surface area contributed by atoms with E-state index in [2.05, 4.69) is 65.8 Å². The molecule has 402 valence electrons. The van der Waals surface area contributed by atoms with E-state index < -0.39 is 29.7 Å². The number of aliphatic hydroxyl groups is 1. The first-order valence-electron chi connectivity index (χ1n) is 25.0. The van der Waals surface area contributed by atoms with Crippen molar-refractivity contribution in [2.45, 2.75) is 63.3 Å². The monoisotopic (exact) mass is 1030 g/mol. The van der Waals surface area contributed by atoms with Crippen LogP contribution in [0.2, 0.25) is 0 Å². The molecule has 2 aromatic heterocycles. The van der Waals surface area contributed by atoms with E-state index in [1.165, 1.54) is 5.56 Å². The van der Waals surface area contributed by atoms with Gasteiger partial charge in [0.1, 0.15) is 11.7 Å². The molecule has 1 unspecified atom stereocenters. The number of rotatable bonds is 25. The molecule has 3 aliphatic heterocycles. The van der Waals surface area contributed by atoms with E-state index in [0.717, 1.165) is 92.0 Å². The number of benzene rings is 2. The van der Waals surface area contributed by atoms with Gasteiger partial charge >= 0.3 is 0 Å². The molecule has 4 aromatic rings. The predicted molar refractivity (Wildman–Crippen MR) is 271 cm³/mol. The molecule has 4 aliphatic rings. The van der Waals surface area contributed by atoms with E-state index in [0.29, 0.717) is 84.2 Å². The van der Waals surface area contributed by atoms with Crippen LogP contribution in [0.3, 0.4) is 0 Å². The summed E-state index contributed by atoms with van der Waals surface area (Å²) < 4.78 is 30.3. The van der Waals surface area contributed by atoms with Crippen LogP contribution < -0.4 is 16.0 Å². The second-order valence-electron chi connectivity index (χ2n) is 17.8. The fourth-order valence-corrected chi connectivity index (χ4v) is 9.32. The van der Waals surface area contributed by atoms with Crippen molar-refractivity contribution < 1.29 is 67.8 Å². The number of piperazine rings is 1. The first kappa shape index (κ1) is 56.8. The van der Waals surface area contributed by atoms with E-state index in [1.54, 1.807) is 25.3 Å². The summed E-state index contributed by atoms with van der Waals surface area (Å²) in [5.41, 5.74) is 5.40. The Balaban J connectivity index is 0.00000142. The number of ether oxygens (including phenoxy) is 5. The summed E-state index contributed by atoms with van der Waals surface area (Å²) in [6.45, 7) is 10.6. The number of nitrogens with zero attached hydrogens (tertiary/aromatic N) is 6. The average molecular weight is 1030 g/mol. The van der Waals surface area contributed by atoms with Gasteiger partial charge in [0.05, 0.1) is 76.7 Å². The topological polar surface area (TPSA) is 286 Å². The normalized spacial score (nSPS) is 19.0. The van der Waals surface area contributed by atoms with Crippen LogP contribution >= 0.6 is 0 Å². The van der Waals surface area contributed by atoms with Crippen LogP contribution in [0.1, 0.15) is 70.8 Å². The maximum Gasteiger partial charge on any atom is 0.290 e. The molecule has 23 heteroatoms. The molecule has 0 radical (unpaired) electrons. The van der Waals surface area contributed by atoms with Gasteiger partial charge in [0.15, 0.2) is 0 Å². The largest absolute Gasteiger partial charge is 0.483 e. The number of fused-ring (bicyclic) bond motifs is 2. The molecule has 1 aliphatic carbocycles. The van der Waals surface area contributed by atoms with Gasteiger partial charge in [-0.05, 0) is 55.4 Å². The molecule has 0 bridgehead atoms. The smallest absolute Gasteiger partial charge is 0.290 e. The number of amides is 4. The minimum atomic E-state index is -1.01. The number of nitrogens with one attached hydrogen (secondary N) is 3. The molecular weight excluding hydrogens is 963 g/mol. The maximum absolute atomic E-state index is 13.2. The van der Waals surface area contributed by atoms with Gasteiger partial charge in [0.25, 0.3) is 24.8 Å². The first-order valence-corrected chi connectivity index (χ1v) is 25.0. The predicted octanol–water partition coefficient (Wildman–Crippen LogP) is 2.73. The van der Waals surface area contributed by atoms with Crippen molar-refractivity contribution in [2.24, 2.45) is 0 Å². The summed E-state index contributed by atoms with van der Waals surface area (Å²) >= 11 is 0. The fourth-order valence-electron chi connectivity index (χ4n) is 9.32. The third-order valence-corrected chi connectivity index (χ3v) is 13.1. The molecule has 2 aromatic carbocycles. The molecule has 1 saturated carbocycles. The Morgan fingerprint density at radius 1 is 0.730 bits per heavy atom. The molecule has 0 spiro atoms. The van der Waals surface area contributed by atoms with Crippen molar-refractivity contribution in [2.75, 3.05) is 123 Å². The van der Waals surface area contributed by atoms with Crippen molar-refractivity contribution in [1.29, 1.82) is 0 Å². The number of methoxy groups -OCH3 is 1. The summed E-state index contributed by atoms with van der Waals surface area (Å²) in [7, 11) is 1.68. The maximum atomic E-state index is 13.2. The summed E-state index contributed by atoms with van der Waals surface area (Å²) in [5, 5.41) is 33.6. The second-order valence-corrected chi connectivity index (χ2v) is 17.8. The highest BCUT2D eigenvalue weighted by Crippen LogP contribution is 2.37. The summed E-state index contributed by atoms with van der Waals surface area (Å²) in [6, 6.07) is 13.1. The summed E-state index contributed by atoms with van der Waals surface area (Å²) in [4.78, 5) is 82.4. The molecule has 8 rings (SSSR count). The van der Waals surface area contributed by atoms with Gasteiger partial charge in [-0.1, -0.05) is 30.3 Å². The minimum absolute atomic E-state index is 0.0676. The number of carbonyl (C=O) groups excluding carboxylic acids is 4. The number of imide groups is 2. The molecule has 4 amide bonds. The third-order valence-electron chi connectivity index (χ3n) is 13.1. The highest BCUT2D eigenvalue weighted by Gasteiger charge is 2.45. The van der Waals surface area contributed by atoms with Crippen molar-refractivity contribution in [3.05, 3.63) is 71.5 Å². The lowest BCUT2D eigenvalue weighted by atomic mass is 9.93. The Bertz CT molecular complexity index is 2440. The SMILES string of the molecule is COCCNc1ncc2c(-c3ccc(CN4CCN(CCOCCOCCOCCOCCNc5cccc6c5C(=O)N(C5CCC(=O)NC5=O)C6=O)CC4)cc3)cn(C3CCC(O)CC3)c2n1.O=CO.O=CO. The van der Waals surface area contributed by atoms with Gasteiger partial charge in [0.2, 0.25) is 17.8 Å². The van der Waals surface area contributed by atoms with E-state index in [1.807, 2.05) is 6.20 Å². The Hall–Kier alpha value is -6.44. The minimum Gasteiger partial charge on any atom is -0.483 e. The Kier molecular flexibility index (Phi) is 23.1. The number of hydrogen-bond acceptors (Lipinski definition) is 18. The third kappa shape index (κ3) is 16.0. The Morgan fingerprint density at radius 2 is 1.35 bits per heavy atom. The molecule has 1 atom stereocenters. The van der Waals surface area contributed by atoms with E-state index >= 15 is 0 Å². The lowest BCUT2D eigenvalue weighted by Crippen LogP contribution is -2.54. The number of aliphatic hydroxyl groups excluding tert-OH is 1. The Morgan fingerprint density at radius 3 is 2.00 bits per heavy atom. The summed E-state index contributed by atoms with van der Waals surface area (Å²) in [5.74, 6) is -1.56. The zero-order valence-electron chi connectivity index (χ0n) is 41.9. The zero-order chi connectivity index (χ0) is 52.7. The van der Waals surface area contributed by atoms with Gasteiger partial charge in [-0.25, -0.2) is 4.98 Å². The van der Waals surface area contributed by atoms with Crippen LogP contribution in [0.4, 0.5) is 11.6 Å². The lowest BCUT2D eigenvalue weighted by Gasteiger charge is -2.34. The molecule has 74 heavy (non-hydrogen) atoms. The van der Waals surface area contributed by atoms with E-state index in [-0.39, 0.29) is 49.1 Å². The average Bonchev–Trinajstić information content (AvgIpc) is 3.90. The zero-order valence-corrected chi connectivity index (χ0v) is 41.9. The number of aromatic nitrogens is 3. The Labute approximate surface area is 429 Å².